The second kappa shape index (κ2) is 11.4. The average Bonchev–Trinajstić information content (AvgIpc) is 3.27. The maximum atomic E-state index is 12.7. The number of fused-ring (bicyclic) bond motifs is 1. The molecule has 4 rings (SSSR count). The third-order valence-corrected chi connectivity index (χ3v) is 5.55. The van der Waals surface area contributed by atoms with Gasteiger partial charge >= 0.3 is 5.69 Å². The minimum absolute atomic E-state index is 0.0370. The Balaban J connectivity index is 1.57. The number of aliphatic hydroxyl groups is 1. The van der Waals surface area contributed by atoms with Crippen molar-refractivity contribution in [3.05, 3.63) is 87.1 Å². The molecular weight excluding hydrogens is 476 g/mol. The minimum Gasteiger partial charge on any atom is -0.497 e. The van der Waals surface area contributed by atoms with E-state index in [9.17, 15) is 14.7 Å². The molecule has 2 aromatic carbocycles. The number of anilines is 1. The molecule has 0 aliphatic heterocycles. The van der Waals surface area contributed by atoms with E-state index < -0.39 is 17.4 Å². The van der Waals surface area contributed by atoms with Crippen molar-refractivity contribution in [1.29, 1.82) is 0 Å². The standard InChI is InChI=1S/C26H28N6O5/c1-17(9-10-18-7-5-4-6-8-18)29-30-25-27-23-22(24(34)28-26(35)31(23)2)32(25)15-19(33)16-37-21-13-11-20(36-3)12-14-21/h4-14,19,33H,15-16H2,1-3H3,(H,27,30)(H,28,34,35)/b10-9+,29-17-/t19-/m1/s1. The molecule has 0 spiro atoms. The summed E-state index contributed by atoms with van der Waals surface area (Å²) < 4.78 is 13.5. The normalized spacial score (nSPS) is 12.7. The quantitative estimate of drug-likeness (QED) is 0.223. The summed E-state index contributed by atoms with van der Waals surface area (Å²) in [6.07, 6.45) is 2.74. The lowest BCUT2D eigenvalue weighted by Gasteiger charge is -2.15. The molecule has 0 fully saturated rings. The fourth-order valence-corrected chi connectivity index (χ4v) is 3.58. The van der Waals surface area contributed by atoms with E-state index in [0.29, 0.717) is 17.2 Å². The molecule has 0 aliphatic carbocycles. The predicted octanol–water partition coefficient (Wildman–Crippen LogP) is 2.37. The van der Waals surface area contributed by atoms with E-state index in [1.165, 1.54) is 16.2 Å². The van der Waals surface area contributed by atoms with Crippen LogP contribution in [0.3, 0.4) is 0 Å². The van der Waals surface area contributed by atoms with Crippen molar-refractivity contribution in [1.82, 2.24) is 19.1 Å². The van der Waals surface area contributed by atoms with E-state index in [0.717, 1.165) is 5.56 Å². The largest absolute Gasteiger partial charge is 0.497 e. The highest BCUT2D eigenvalue weighted by atomic mass is 16.5. The number of H-pyrrole nitrogens is 1. The number of imidazole rings is 1. The van der Waals surface area contributed by atoms with Crippen molar-refractivity contribution in [2.45, 2.75) is 19.6 Å². The van der Waals surface area contributed by atoms with Crippen molar-refractivity contribution in [3.8, 4) is 11.5 Å². The Labute approximate surface area is 212 Å². The third kappa shape index (κ3) is 6.14. The number of aromatic nitrogens is 4. The molecule has 0 amide bonds. The Morgan fingerprint density at radius 2 is 1.86 bits per heavy atom. The third-order valence-electron chi connectivity index (χ3n) is 5.55. The van der Waals surface area contributed by atoms with Crippen LogP contribution in [0.4, 0.5) is 5.95 Å². The van der Waals surface area contributed by atoms with Crippen LogP contribution in [0, 0.1) is 0 Å². The van der Waals surface area contributed by atoms with Gasteiger partial charge < -0.3 is 19.1 Å². The number of nitrogens with one attached hydrogen (secondary N) is 2. The fraction of sp³-hybridized carbons (Fsp3) is 0.231. The summed E-state index contributed by atoms with van der Waals surface area (Å²) in [6, 6.07) is 16.7. The van der Waals surface area contributed by atoms with Crippen molar-refractivity contribution < 1.29 is 14.6 Å². The summed E-state index contributed by atoms with van der Waals surface area (Å²) in [5.41, 5.74) is 3.60. The molecule has 0 saturated heterocycles. The number of benzene rings is 2. The molecule has 0 radical (unpaired) electrons. The summed E-state index contributed by atoms with van der Waals surface area (Å²) in [5.74, 6) is 1.44. The van der Waals surface area contributed by atoms with E-state index in [1.54, 1.807) is 38.3 Å². The number of ether oxygens (including phenoxy) is 2. The number of methoxy groups -OCH3 is 1. The molecule has 0 saturated carbocycles. The number of aryl methyl sites for hydroxylation is 1. The van der Waals surface area contributed by atoms with Crippen LogP contribution in [0.25, 0.3) is 17.2 Å². The lowest BCUT2D eigenvalue weighted by atomic mass is 10.2. The molecule has 37 heavy (non-hydrogen) atoms. The summed E-state index contributed by atoms with van der Waals surface area (Å²) >= 11 is 0. The minimum atomic E-state index is -1.00. The van der Waals surface area contributed by atoms with Gasteiger partial charge in [-0.15, -0.1) is 0 Å². The van der Waals surface area contributed by atoms with Crippen LogP contribution in [0.2, 0.25) is 0 Å². The maximum absolute atomic E-state index is 12.7. The molecule has 2 heterocycles. The fourth-order valence-electron chi connectivity index (χ4n) is 3.58. The molecule has 3 N–H and O–H groups in total. The second-order valence-electron chi connectivity index (χ2n) is 8.29. The summed E-state index contributed by atoms with van der Waals surface area (Å²) in [6.45, 7) is 1.72. The maximum Gasteiger partial charge on any atom is 0.329 e. The van der Waals surface area contributed by atoms with Crippen LogP contribution in [-0.4, -0.2) is 49.7 Å². The second-order valence-corrected chi connectivity index (χ2v) is 8.29. The first-order valence-electron chi connectivity index (χ1n) is 11.5. The highest BCUT2D eigenvalue weighted by Gasteiger charge is 2.20. The van der Waals surface area contributed by atoms with Crippen molar-refractivity contribution in [2.75, 3.05) is 19.1 Å². The van der Waals surface area contributed by atoms with Gasteiger partial charge in [-0.05, 0) is 42.8 Å². The van der Waals surface area contributed by atoms with E-state index in [2.05, 4.69) is 20.5 Å². The van der Waals surface area contributed by atoms with Crippen LogP contribution in [-0.2, 0) is 13.6 Å². The zero-order valence-electron chi connectivity index (χ0n) is 20.7. The average molecular weight is 505 g/mol. The van der Waals surface area contributed by atoms with Crippen molar-refractivity contribution in [3.63, 3.8) is 0 Å². The molecule has 11 heteroatoms. The first kappa shape index (κ1) is 25.5. The highest BCUT2D eigenvalue weighted by molar-refractivity contribution is 5.96. The molecule has 0 aliphatic rings. The summed E-state index contributed by atoms with van der Waals surface area (Å²) in [5, 5.41) is 15.1. The van der Waals surface area contributed by atoms with E-state index in [1.807, 2.05) is 42.5 Å². The number of rotatable bonds is 10. The number of hydrogen-bond donors (Lipinski definition) is 3. The zero-order chi connectivity index (χ0) is 26.4. The van der Waals surface area contributed by atoms with Gasteiger partial charge in [0.15, 0.2) is 11.2 Å². The summed E-state index contributed by atoms with van der Waals surface area (Å²) in [7, 11) is 3.07. The van der Waals surface area contributed by atoms with E-state index >= 15 is 0 Å². The van der Waals surface area contributed by atoms with Crippen LogP contribution in [0.5, 0.6) is 11.5 Å². The Hall–Kier alpha value is -4.64. The number of nitrogens with zero attached hydrogens (tertiary/aromatic N) is 4. The van der Waals surface area contributed by atoms with Gasteiger partial charge in [-0.3, -0.25) is 14.3 Å². The van der Waals surface area contributed by atoms with Crippen LogP contribution in [0.1, 0.15) is 12.5 Å². The van der Waals surface area contributed by atoms with Crippen molar-refractivity contribution in [2.24, 2.45) is 12.1 Å². The molecule has 1 atom stereocenters. The molecule has 4 aromatic rings. The van der Waals surface area contributed by atoms with Gasteiger partial charge in [-0.1, -0.05) is 36.4 Å². The van der Waals surface area contributed by atoms with Gasteiger partial charge in [-0.2, -0.15) is 10.1 Å². The summed E-state index contributed by atoms with van der Waals surface area (Å²) in [4.78, 5) is 31.5. The topological polar surface area (TPSA) is 136 Å². The molecule has 0 bridgehead atoms. The van der Waals surface area contributed by atoms with Crippen molar-refractivity contribution >= 4 is 28.9 Å². The lowest BCUT2D eigenvalue weighted by Crippen LogP contribution is -2.30. The highest BCUT2D eigenvalue weighted by Crippen LogP contribution is 2.19. The van der Waals surface area contributed by atoms with Gasteiger partial charge in [0.25, 0.3) is 5.56 Å². The number of hydrogen-bond acceptors (Lipinski definition) is 8. The molecule has 11 nitrogen and oxygen atoms in total. The number of hydrazone groups is 1. The van der Waals surface area contributed by atoms with E-state index in [-0.39, 0.29) is 30.3 Å². The lowest BCUT2D eigenvalue weighted by molar-refractivity contribution is 0.0938. The Morgan fingerprint density at radius 1 is 1.16 bits per heavy atom. The van der Waals surface area contributed by atoms with Crippen LogP contribution >= 0.6 is 0 Å². The molecular formula is C26H28N6O5. The van der Waals surface area contributed by atoms with Gasteiger partial charge in [0, 0.05) is 7.05 Å². The predicted molar refractivity (Wildman–Crippen MR) is 142 cm³/mol. The molecule has 192 valence electrons. The Bertz CT molecular complexity index is 1530. The van der Waals surface area contributed by atoms with Gasteiger partial charge in [-0.25, -0.2) is 10.2 Å². The van der Waals surface area contributed by atoms with E-state index in [4.69, 9.17) is 9.47 Å². The number of allylic oxidation sites excluding steroid dienone is 1. The first-order valence-corrected chi connectivity index (χ1v) is 11.5. The van der Waals surface area contributed by atoms with Gasteiger partial charge in [0.05, 0.1) is 19.4 Å². The molecule has 2 aromatic heterocycles. The monoisotopic (exact) mass is 504 g/mol. The van der Waals surface area contributed by atoms with Crippen LogP contribution in [0.15, 0.2) is 75.4 Å². The Kier molecular flexibility index (Phi) is 7.84. The smallest absolute Gasteiger partial charge is 0.329 e. The zero-order valence-corrected chi connectivity index (χ0v) is 20.7. The van der Waals surface area contributed by atoms with Gasteiger partial charge in [0.2, 0.25) is 5.95 Å². The van der Waals surface area contributed by atoms with Crippen LogP contribution < -0.4 is 26.1 Å². The van der Waals surface area contributed by atoms with Gasteiger partial charge in [0.1, 0.15) is 24.2 Å². The molecule has 0 unspecified atom stereocenters. The number of aromatic amines is 1. The number of aliphatic hydroxyl groups excluding tert-OH is 1. The first-order chi connectivity index (χ1) is 17.9. The Morgan fingerprint density at radius 3 is 2.57 bits per heavy atom. The SMILES string of the molecule is COc1ccc(OC[C@H](O)Cn2c(N/N=C(C)\C=C\c3ccccc3)nc3c2c(=O)[nH]c(=O)n3C)cc1.